The van der Waals surface area contributed by atoms with Gasteiger partial charge in [0.25, 0.3) is 0 Å². The third kappa shape index (κ3) is 9.14. The molecule has 1 amide bonds. The first-order chi connectivity index (χ1) is 18.4. The summed E-state index contributed by atoms with van der Waals surface area (Å²) in [6.45, 7) is 8.08. The molecule has 2 N–H and O–H groups in total. The molecule has 1 aromatic carbocycles. The Morgan fingerprint density at radius 3 is 2.45 bits per heavy atom. The first kappa shape index (κ1) is 30.2. The van der Waals surface area contributed by atoms with Gasteiger partial charge in [-0.05, 0) is 67.0 Å². The molecular weight excluding hydrogens is 476 g/mol. The van der Waals surface area contributed by atoms with Gasteiger partial charge in [-0.2, -0.15) is 0 Å². The second-order valence-electron chi connectivity index (χ2n) is 9.17. The molecule has 0 aliphatic carbocycles. The molecule has 1 aliphatic heterocycles. The molecule has 202 valence electrons. The van der Waals surface area contributed by atoms with Crippen molar-refractivity contribution in [2.75, 3.05) is 26.7 Å². The number of amides is 1. The number of carbonyl (C=O) groups is 3. The Morgan fingerprint density at radius 1 is 1.08 bits per heavy atom. The minimum absolute atomic E-state index is 0.000924. The standard InChI is InChI=1S/C31H40N4O3/c1-5-9-24(25-10-11-28(23-37)26(20-25)14-18-34(4)17-8-19-36)21-29-13-12-27(22-30(32)33-29)31(38)35(15-6-2)16-7-3/h5,9-14,18-21,23H,6-8,15-17,22H2,1-4H3,(H2,32,33)/b9-5-,18-14-,24-21+. The first-order valence-corrected chi connectivity index (χ1v) is 13.2. The lowest BCUT2D eigenvalue weighted by atomic mass is 9.98. The molecule has 2 rings (SSSR count). The number of aldehydes is 2. The molecule has 0 fully saturated rings. The van der Waals surface area contributed by atoms with Gasteiger partial charge in [0, 0.05) is 50.7 Å². The van der Waals surface area contributed by atoms with Gasteiger partial charge < -0.3 is 20.3 Å². The Balaban J connectivity index is 2.45. The minimum atomic E-state index is 0.000924. The summed E-state index contributed by atoms with van der Waals surface area (Å²) >= 11 is 0. The summed E-state index contributed by atoms with van der Waals surface area (Å²) < 4.78 is 0. The second kappa shape index (κ2) is 16.0. The number of allylic oxidation sites excluding steroid dienone is 6. The van der Waals surface area contributed by atoms with E-state index in [0.717, 1.165) is 42.1 Å². The van der Waals surface area contributed by atoms with Crippen LogP contribution in [0.15, 0.2) is 71.0 Å². The molecule has 0 spiro atoms. The highest BCUT2D eigenvalue weighted by Gasteiger charge is 2.19. The van der Waals surface area contributed by atoms with Crippen molar-refractivity contribution in [2.45, 2.75) is 46.5 Å². The van der Waals surface area contributed by atoms with Crippen molar-refractivity contribution < 1.29 is 14.4 Å². The molecule has 0 saturated carbocycles. The number of hydrogen-bond acceptors (Lipinski definition) is 6. The lowest BCUT2D eigenvalue weighted by Crippen LogP contribution is -2.34. The first-order valence-electron chi connectivity index (χ1n) is 13.2. The zero-order valence-electron chi connectivity index (χ0n) is 23.0. The van der Waals surface area contributed by atoms with E-state index in [1.807, 2.05) is 78.6 Å². The van der Waals surface area contributed by atoms with Gasteiger partial charge >= 0.3 is 0 Å². The molecule has 0 aromatic heterocycles. The van der Waals surface area contributed by atoms with E-state index in [1.54, 1.807) is 6.07 Å². The van der Waals surface area contributed by atoms with Crippen molar-refractivity contribution in [1.82, 2.24) is 9.80 Å². The fourth-order valence-electron chi connectivity index (χ4n) is 4.08. The number of aliphatic imine (C=N–C) groups is 1. The van der Waals surface area contributed by atoms with E-state index < -0.39 is 0 Å². The number of carbonyl (C=O) groups excluding carboxylic acids is 3. The van der Waals surface area contributed by atoms with Crippen LogP contribution in [0.1, 0.15) is 67.9 Å². The molecule has 0 radical (unpaired) electrons. The molecule has 7 nitrogen and oxygen atoms in total. The van der Waals surface area contributed by atoms with Crippen molar-refractivity contribution in [1.29, 1.82) is 0 Å². The highest BCUT2D eigenvalue weighted by Crippen LogP contribution is 2.24. The van der Waals surface area contributed by atoms with Crippen LogP contribution in [-0.2, 0) is 9.59 Å². The highest BCUT2D eigenvalue weighted by atomic mass is 16.2. The van der Waals surface area contributed by atoms with Crippen molar-refractivity contribution in [3.63, 3.8) is 0 Å². The van der Waals surface area contributed by atoms with E-state index in [0.29, 0.717) is 55.1 Å². The highest BCUT2D eigenvalue weighted by molar-refractivity contribution is 6.00. The summed E-state index contributed by atoms with van der Waals surface area (Å²) in [6, 6.07) is 5.63. The summed E-state index contributed by atoms with van der Waals surface area (Å²) in [5, 5.41) is 0. The number of benzene rings is 1. The predicted molar refractivity (Wildman–Crippen MR) is 157 cm³/mol. The Hall–Kier alpha value is -4.00. The van der Waals surface area contributed by atoms with Gasteiger partial charge in [-0.15, -0.1) is 0 Å². The van der Waals surface area contributed by atoms with E-state index in [4.69, 9.17) is 5.73 Å². The molecule has 0 saturated heterocycles. The van der Waals surface area contributed by atoms with Crippen LogP contribution in [0.3, 0.4) is 0 Å². The summed E-state index contributed by atoms with van der Waals surface area (Å²) in [7, 11) is 1.88. The van der Waals surface area contributed by atoms with Crippen LogP contribution >= 0.6 is 0 Å². The third-order valence-corrected chi connectivity index (χ3v) is 5.95. The van der Waals surface area contributed by atoms with Crippen molar-refractivity contribution >= 4 is 36.0 Å². The Morgan fingerprint density at radius 2 is 1.82 bits per heavy atom. The predicted octanol–water partition coefficient (Wildman–Crippen LogP) is 5.17. The number of nitrogens with zero attached hydrogens (tertiary/aromatic N) is 3. The van der Waals surface area contributed by atoms with Gasteiger partial charge in [-0.3, -0.25) is 9.59 Å². The maximum Gasteiger partial charge on any atom is 0.250 e. The van der Waals surface area contributed by atoms with E-state index >= 15 is 0 Å². The molecule has 38 heavy (non-hydrogen) atoms. The van der Waals surface area contributed by atoms with Crippen LogP contribution in [0.25, 0.3) is 11.6 Å². The van der Waals surface area contributed by atoms with Crippen molar-refractivity contribution in [3.8, 4) is 0 Å². The van der Waals surface area contributed by atoms with Gasteiger partial charge in [-0.25, -0.2) is 4.99 Å². The normalized spacial score (nSPS) is 14.1. The fraction of sp³-hybridized carbons (Fsp3) is 0.355. The van der Waals surface area contributed by atoms with Crippen molar-refractivity contribution in [3.05, 3.63) is 82.7 Å². The third-order valence-electron chi connectivity index (χ3n) is 5.95. The lowest BCUT2D eigenvalue weighted by molar-refractivity contribution is -0.127. The molecular formula is C31H40N4O3. The Kier molecular flexibility index (Phi) is 12.7. The molecule has 7 heteroatoms. The van der Waals surface area contributed by atoms with Crippen LogP contribution in [0.2, 0.25) is 0 Å². The van der Waals surface area contributed by atoms with Crippen LogP contribution in [0.5, 0.6) is 0 Å². The van der Waals surface area contributed by atoms with Crippen LogP contribution in [0, 0.1) is 0 Å². The SMILES string of the molecule is C/C=C\C(=C/C1=CC=C(C(=O)N(CCC)CCC)CC(N)=N1)c1ccc(C=O)c(/C=C\N(C)CCC=O)c1. The summed E-state index contributed by atoms with van der Waals surface area (Å²) in [6.07, 6.45) is 17.4. The number of hydrogen-bond donors (Lipinski definition) is 1. The van der Waals surface area contributed by atoms with Gasteiger partial charge in [0.15, 0.2) is 6.29 Å². The summed E-state index contributed by atoms with van der Waals surface area (Å²) in [4.78, 5) is 43.8. The van der Waals surface area contributed by atoms with E-state index in [2.05, 4.69) is 18.8 Å². The number of amidine groups is 1. The molecule has 1 heterocycles. The van der Waals surface area contributed by atoms with E-state index in [9.17, 15) is 14.4 Å². The van der Waals surface area contributed by atoms with Gasteiger partial charge in [0.05, 0.1) is 5.70 Å². The smallest absolute Gasteiger partial charge is 0.250 e. The summed E-state index contributed by atoms with van der Waals surface area (Å²) in [5.74, 6) is 0.386. The van der Waals surface area contributed by atoms with Crippen LogP contribution in [-0.4, -0.2) is 60.8 Å². The van der Waals surface area contributed by atoms with E-state index in [-0.39, 0.29) is 5.91 Å². The second-order valence-corrected chi connectivity index (χ2v) is 9.17. The monoisotopic (exact) mass is 516 g/mol. The Labute approximate surface area is 226 Å². The average molecular weight is 517 g/mol. The van der Waals surface area contributed by atoms with Gasteiger partial charge in [0.2, 0.25) is 5.91 Å². The van der Waals surface area contributed by atoms with Gasteiger partial charge in [0.1, 0.15) is 12.1 Å². The fourth-order valence-corrected chi connectivity index (χ4v) is 4.08. The zero-order chi connectivity index (χ0) is 27.9. The minimum Gasteiger partial charge on any atom is -0.387 e. The largest absolute Gasteiger partial charge is 0.387 e. The zero-order valence-corrected chi connectivity index (χ0v) is 23.0. The maximum atomic E-state index is 13.1. The quantitative estimate of drug-likeness (QED) is 0.272. The molecule has 1 aliphatic rings. The van der Waals surface area contributed by atoms with Crippen molar-refractivity contribution in [2.24, 2.45) is 10.7 Å². The Bertz CT molecular complexity index is 1170. The topological polar surface area (TPSA) is 96.1 Å². The van der Waals surface area contributed by atoms with E-state index in [1.165, 1.54) is 0 Å². The number of nitrogens with two attached hydrogens (primary N) is 1. The number of rotatable bonds is 14. The maximum absolute atomic E-state index is 13.1. The molecule has 0 atom stereocenters. The van der Waals surface area contributed by atoms with Crippen LogP contribution in [0.4, 0.5) is 0 Å². The molecule has 1 aromatic rings. The van der Waals surface area contributed by atoms with Crippen LogP contribution < -0.4 is 5.73 Å². The van der Waals surface area contributed by atoms with Gasteiger partial charge in [-0.1, -0.05) is 44.2 Å². The summed E-state index contributed by atoms with van der Waals surface area (Å²) in [5.41, 5.74) is 10.6. The molecule has 0 unspecified atom stereocenters. The molecule has 0 bridgehead atoms. The average Bonchev–Trinajstić information content (AvgIpc) is 3.10. The lowest BCUT2D eigenvalue weighted by Gasteiger charge is -2.22.